The molecule has 0 unspecified atom stereocenters. The van der Waals surface area contributed by atoms with E-state index in [0.29, 0.717) is 12.8 Å². The molecule has 9 heteroatoms. The number of carbonyl (C=O) groups is 2. The van der Waals surface area contributed by atoms with E-state index >= 15 is 0 Å². The van der Waals surface area contributed by atoms with Crippen molar-refractivity contribution in [1.82, 2.24) is 20.8 Å². The van der Waals surface area contributed by atoms with Gasteiger partial charge in [-0.05, 0) is 36.2 Å². The second-order valence-electron chi connectivity index (χ2n) is 6.36. The number of aromatic nitrogens is 2. The fourth-order valence-electron chi connectivity index (χ4n) is 2.66. The minimum absolute atomic E-state index is 0.00918. The molecule has 0 radical (unpaired) electrons. The van der Waals surface area contributed by atoms with E-state index in [2.05, 4.69) is 20.8 Å². The van der Waals surface area contributed by atoms with Gasteiger partial charge >= 0.3 is 11.8 Å². The Morgan fingerprint density at radius 3 is 2.53 bits per heavy atom. The molecule has 1 heterocycles. The molecule has 0 bridgehead atoms. The molecule has 2 N–H and O–H groups in total. The van der Waals surface area contributed by atoms with Crippen molar-refractivity contribution in [1.29, 1.82) is 0 Å². The zero-order valence-corrected chi connectivity index (χ0v) is 16.4. The van der Waals surface area contributed by atoms with Crippen LogP contribution in [0.3, 0.4) is 0 Å². The quantitative estimate of drug-likeness (QED) is 0.523. The van der Waals surface area contributed by atoms with E-state index in [0.717, 1.165) is 11.3 Å². The zero-order valence-electron chi connectivity index (χ0n) is 16.4. The molecule has 0 spiro atoms. The summed E-state index contributed by atoms with van der Waals surface area (Å²) in [5.41, 5.74) is 1.17. The third-order valence-electron chi connectivity index (χ3n) is 4.27. The predicted octanol–water partition coefficient (Wildman–Crippen LogP) is 2.36. The van der Waals surface area contributed by atoms with Crippen LogP contribution in [0, 0.1) is 5.82 Å². The van der Waals surface area contributed by atoms with Gasteiger partial charge in [0.25, 0.3) is 0 Å². The molecular weight excluding hydrogens is 391 g/mol. The van der Waals surface area contributed by atoms with Crippen LogP contribution in [-0.2, 0) is 11.2 Å². The molecule has 3 rings (SSSR count). The van der Waals surface area contributed by atoms with E-state index in [4.69, 9.17) is 9.26 Å². The molecule has 0 atom stereocenters. The number of nitrogens with one attached hydrogen (secondary N) is 2. The lowest BCUT2D eigenvalue weighted by molar-refractivity contribution is -0.121. The van der Waals surface area contributed by atoms with Gasteiger partial charge in [-0.1, -0.05) is 29.4 Å². The summed E-state index contributed by atoms with van der Waals surface area (Å²) in [4.78, 5) is 27.9. The Kier molecular flexibility index (Phi) is 7.09. The topological polar surface area (TPSA) is 106 Å². The maximum Gasteiger partial charge on any atom is 0.316 e. The lowest BCUT2D eigenvalue weighted by Crippen LogP contribution is -2.34. The van der Waals surface area contributed by atoms with Crippen molar-refractivity contribution in [3.63, 3.8) is 0 Å². The van der Waals surface area contributed by atoms with Gasteiger partial charge in [0.15, 0.2) is 0 Å². The van der Waals surface area contributed by atoms with Crippen molar-refractivity contribution < 1.29 is 23.2 Å². The monoisotopic (exact) mass is 412 g/mol. The number of carbonyl (C=O) groups excluding carboxylic acids is 2. The average Bonchev–Trinajstić information content (AvgIpc) is 3.26. The molecule has 1 aromatic heterocycles. The van der Waals surface area contributed by atoms with Crippen molar-refractivity contribution in [2.75, 3.05) is 20.2 Å². The van der Waals surface area contributed by atoms with Gasteiger partial charge < -0.3 is 19.9 Å². The first-order valence-corrected chi connectivity index (χ1v) is 9.33. The van der Waals surface area contributed by atoms with Crippen LogP contribution in [-0.4, -0.2) is 42.2 Å². The summed E-state index contributed by atoms with van der Waals surface area (Å²) in [5, 5.41) is 8.91. The number of hydrogen-bond acceptors (Lipinski definition) is 6. The van der Waals surface area contributed by atoms with Crippen molar-refractivity contribution in [2.24, 2.45) is 0 Å². The third-order valence-corrected chi connectivity index (χ3v) is 4.27. The fourth-order valence-corrected chi connectivity index (χ4v) is 2.66. The summed E-state index contributed by atoms with van der Waals surface area (Å²) in [6, 6.07) is 13.4. The third kappa shape index (κ3) is 5.63. The summed E-state index contributed by atoms with van der Waals surface area (Å²) < 4.78 is 23.7. The number of benzene rings is 2. The largest absolute Gasteiger partial charge is 0.497 e. The molecule has 30 heavy (non-hydrogen) atoms. The van der Waals surface area contributed by atoms with Crippen molar-refractivity contribution in [3.05, 3.63) is 65.8 Å². The molecule has 0 aliphatic heterocycles. The summed E-state index contributed by atoms with van der Waals surface area (Å²) in [7, 11) is 1.60. The Morgan fingerprint density at radius 2 is 1.80 bits per heavy atom. The van der Waals surface area contributed by atoms with E-state index in [1.54, 1.807) is 13.2 Å². The molecular formula is C21H21FN4O4. The summed E-state index contributed by atoms with van der Waals surface area (Å²) in [6.45, 7) is 0.437. The predicted molar refractivity (Wildman–Crippen MR) is 106 cm³/mol. The van der Waals surface area contributed by atoms with Crippen LogP contribution >= 0.6 is 0 Å². The number of ether oxygens (including phenoxy) is 1. The Bertz CT molecular complexity index is 1000. The second-order valence-corrected chi connectivity index (χ2v) is 6.36. The number of halogens is 1. The Labute approximate surface area is 172 Å². The minimum atomic E-state index is -0.599. The molecule has 0 aliphatic rings. The number of amides is 2. The van der Waals surface area contributed by atoms with Crippen LogP contribution < -0.4 is 15.4 Å². The summed E-state index contributed by atoms with van der Waals surface area (Å²) in [6.07, 6.45) is 0.929. The van der Waals surface area contributed by atoms with Crippen molar-refractivity contribution in [2.45, 2.75) is 12.8 Å². The molecule has 0 saturated carbocycles. The van der Waals surface area contributed by atoms with E-state index in [1.165, 1.54) is 18.2 Å². The van der Waals surface area contributed by atoms with Gasteiger partial charge in [0, 0.05) is 19.5 Å². The number of methoxy groups -OCH3 is 1. The molecule has 0 aliphatic carbocycles. The van der Waals surface area contributed by atoms with Crippen LogP contribution in [0.1, 0.15) is 22.7 Å². The first-order valence-electron chi connectivity index (χ1n) is 9.33. The first kappa shape index (κ1) is 21.0. The van der Waals surface area contributed by atoms with Crippen LogP contribution in [0.2, 0.25) is 0 Å². The van der Waals surface area contributed by atoms with E-state index < -0.39 is 11.7 Å². The zero-order chi connectivity index (χ0) is 21.3. The molecule has 2 amide bonds. The number of nitrogens with zero attached hydrogens (tertiary/aromatic N) is 2. The van der Waals surface area contributed by atoms with Gasteiger partial charge in [-0.15, -0.1) is 0 Å². The van der Waals surface area contributed by atoms with E-state index in [1.807, 2.05) is 24.3 Å². The molecule has 0 saturated heterocycles. The standard InChI is InChI=1S/C21H21FN4O4/c1-29-15-9-6-14(7-10-15)8-11-18(27)23-12-13-24-20(28)21-25-19(26-30-21)16-4-2-3-5-17(16)22/h2-7,9-10H,8,11-13H2,1H3,(H,23,27)(H,24,28). The molecule has 0 fully saturated rings. The lowest BCUT2D eigenvalue weighted by atomic mass is 10.1. The van der Waals surface area contributed by atoms with Crippen LogP contribution in [0.15, 0.2) is 53.1 Å². The molecule has 156 valence electrons. The Hall–Kier alpha value is -3.75. The van der Waals surface area contributed by atoms with Crippen LogP contribution in [0.25, 0.3) is 11.4 Å². The van der Waals surface area contributed by atoms with Crippen LogP contribution in [0.5, 0.6) is 5.75 Å². The molecule has 3 aromatic rings. The average molecular weight is 412 g/mol. The maximum atomic E-state index is 13.7. The van der Waals surface area contributed by atoms with Crippen LogP contribution in [0.4, 0.5) is 4.39 Å². The smallest absolute Gasteiger partial charge is 0.316 e. The highest BCUT2D eigenvalue weighted by atomic mass is 19.1. The van der Waals surface area contributed by atoms with Gasteiger partial charge in [0.2, 0.25) is 11.7 Å². The second kappa shape index (κ2) is 10.1. The molecule has 2 aromatic carbocycles. The first-order chi connectivity index (χ1) is 14.6. The minimum Gasteiger partial charge on any atom is -0.497 e. The van der Waals surface area contributed by atoms with E-state index in [9.17, 15) is 14.0 Å². The van der Waals surface area contributed by atoms with Crippen molar-refractivity contribution >= 4 is 11.8 Å². The lowest BCUT2D eigenvalue weighted by Gasteiger charge is -2.06. The number of hydrogen-bond donors (Lipinski definition) is 2. The van der Waals surface area contributed by atoms with Gasteiger partial charge in [0.05, 0.1) is 12.7 Å². The van der Waals surface area contributed by atoms with Crippen molar-refractivity contribution in [3.8, 4) is 17.1 Å². The summed E-state index contributed by atoms with van der Waals surface area (Å²) in [5.74, 6) is -0.759. The summed E-state index contributed by atoms with van der Waals surface area (Å²) >= 11 is 0. The van der Waals surface area contributed by atoms with Gasteiger partial charge in [-0.3, -0.25) is 9.59 Å². The Balaban J connectivity index is 1.38. The SMILES string of the molecule is COc1ccc(CCC(=O)NCCNC(=O)c2nc(-c3ccccc3F)no2)cc1. The number of aryl methyl sites for hydroxylation is 1. The van der Waals surface area contributed by atoms with Gasteiger partial charge in [0.1, 0.15) is 11.6 Å². The van der Waals surface area contributed by atoms with E-state index in [-0.39, 0.29) is 36.3 Å². The highest BCUT2D eigenvalue weighted by molar-refractivity contribution is 5.89. The molecule has 8 nitrogen and oxygen atoms in total. The highest BCUT2D eigenvalue weighted by Crippen LogP contribution is 2.19. The highest BCUT2D eigenvalue weighted by Gasteiger charge is 2.17. The Morgan fingerprint density at radius 1 is 1.07 bits per heavy atom. The number of rotatable bonds is 9. The normalized spacial score (nSPS) is 10.5. The fraction of sp³-hybridized carbons (Fsp3) is 0.238. The van der Waals surface area contributed by atoms with Gasteiger partial charge in [-0.2, -0.15) is 4.98 Å². The maximum absolute atomic E-state index is 13.7. The van der Waals surface area contributed by atoms with Gasteiger partial charge in [-0.25, -0.2) is 4.39 Å².